The lowest BCUT2D eigenvalue weighted by atomic mass is 9.69. The van der Waals surface area contributed by atoms with Crippen molar-refractivity contribution in [2.24, 2.45) is 11.8 Å². The van der Waals surface area contributed by atoms with Crippen molar-refractivity contribution in [2.75, 3.05) is 0 Å². The summed E-state index contributed by atoms with van der Waals surface area (Å²) in [6, 6.07) is 13.8. The summed E-state index contributed by atoms with van der Waals surface area (Å²) in [6.07, 6.45) is 5.69. The predicted octanol–water partition coefficient (Wildman–Crippen LogP) is 11.2. The van der Waals surface area contributed by atoms with Crippen LogP contribution in [0.2, 0.25) is 0 Å². The Balaban J connectivity index is 1.12. The Hall–Kier alpha value is -2.80. The molecule has 3 aromatic carbocycles. The quantitative estimate of drug-likeness (QED) is 0.127. The molecule has 0 amide bonds. The molecule has 2 fully saturated rings. The van der Waals surface area contributed by atoms with Crippen LogP contribution in [0.15, 0.2) is 54.6 Å². The number of hydrogen-bond donors (Lipinski definition) is 0. The average Bonchev–Trinajstić information content (AvgIpc) is 3.00. The SMILES string of the molecule is CCCCCc1ccc(-c2ccc(C(F)(F)OC3CCC(C4CCC(c5cc(F)c(F)c(F)c5)CC4)CC3)c(F)c2)cc1. The fourth-order valence-corrected chi connectivity index (χ4v) is 7.06. The first kappa shape index (κ1) is 31.6. The first-order valence-corrected chi connectivity index (χ1v) is 15.7. The highest BCUT2D eigenvalue weighted by Crippen LogP contribution is 2.45. The number of halogens is 6. The Morgan fingerprint density at radius 1 is 0.674 bits per heavy atom. The van der Waals surface area contributed by atoms with Gasteiger partial charge in [0.2, 0.25) is 0 Å². The van der Waals surface area contributed by atoms with Gasteiger partial charge in [-0.1, -0.05) is 50.1 Å². The second kappa shape index (κ2) is 13.9. The number of hydrogen-bond acceptors (Lipinski definition) is 1. The fourth-order valence-electron chi connectivity index (χ4n) is 7.06. The van der Waals surface area contributed by atoms with Crippen LogP contribution in [0.1, 0.15) is 100 Å². The molecule has 232 valence electrons. The molecule has 0 heterocycles. The maximum absolute atomic E-state index is 15.1. The standard InChI is InChI=1S/C36H40F6O/c1-2-3-4-5-23-6-8-26(9-7-23)28-16-19-31(32(37)20-28)36(41,42)43-30-17-14-25(15-18-30)24-10-12-27(13-11-24)29-21-33(38)35(40)34(39)22-29/h6-9,16,19-22,24-25,27,30H,2-5,10-15,17-18H2,1H3. The van der Waals surface area contributed by atoms with Gasteiger partial charge in [-0.3, -0.25) is 0 Å². The number of unbranched alkanes of at least 4 members (excludes halogenated alkanes) is 2. The van der Waals surface area contributed by atoms with E-state index in [1.165, 1.54) is 18.1 Å². The molecule has 0 bridgehead atoms. The molecule has 1 nitrogen and oxygen atoms in total. The van der Waals surface area contributed by atoms with E-state index in [1.807, 2.05) is 24.3 Å². The van der Waals surface area contributed by atoms with Crippen LogP contribution in [0.3, 0.4) is 0 Å². The third-order valence-corrected chi connectivity index (χ3v) is 9.59. The van der Waals surface area contributed by atoms with Crippen molar-refractivity contribution in [3.05, 3.63) is 94.6 Å². The molecule has 43 heavy (non-hydrogen) atoms. The van der Waals surface area contributed by atoms with Crippen LogP contribution in [-0.4, -0.2) is 6.10 Å². The fraction of sp³-hybridized carbons (Fsp3) is 0.500. The van der Waals surface area contributed by atoms with Crippen molar-refractivity contribution in [1.82, 2.24) is 0 Å². The van der Waals surface area contributed by atoms with Crippen LogP contribution in [0, 0.1) is 35.1 Å². The number of alkyl halides is 2. The Labute approximate surface area is 250 Å². The molecule has 0 aliphatic heterocycles. The molecular weight excluding hydrogens is 562 g/mol. The van der Waals surface area contributed by atoms with Gasteiger partial charge in [0.05, 0.1) is 11.7 Å². The summed E-state index contributed by atoms with van der Waals surface area (Å²) in [6.45, 7) is 2.16. The highest BCUT2D eigenvalue weighted by atomic mass is 19.3. The lowest BCUT2D eigenvalue weighted by molar-refractivity contribution is -0.279. The molecule has 5 rings (SSSR count). The minimum Gasteiger partial charge on any atom is -0.313 e. The van der Waals surface area contributed by atoms with Crippen LogP contribution < -0.4 is 0 Å². The lowest BCUT2D eigenvalue weighted by Gasteiger charge is -2.38. The summed E-state index contributed by atoms with van der Waals surface area (Å²) in [5.74, 6) is -4.00. The molecule has 7 heteroatoms. The van der Waals surface area contributed by atoms with Crippen molar-refractivity contribution in [3.8, 4) is 11.1 Å². The van der Waals surface area contributed by atoms with E-state index in [0.717, 1.165) is 87.6 Å². The third kappa shape index (κ3) is 7.65. The zero-order chi connectivity index (χ0) is 30.6. The van der Waals surface area contributed by atoms with Gasteiger partial charge in [-0.05, 0) is 128 Å². The van der Waals surface area contributed by atoms with Crippen molar-refractivity contribution >= 4 is 0 Å². The predicted molar refractivity (Wildman–Crippen MR) is 157 cm³/mol. The number of benzene rings is 3. The van der Waals surface area contributed by atoms with Gasteiger partial charge in [-0.15, -0.1) is 0 Å². The van der Waals surface area contributed by atoms with Crippen LogP contribution in [0.4, 0.5) is 26.3 Å². The number of aryl methyl sites for hydroxylation is 1. The second-order valence-electron chi connectivity index (χ2n) is 12.4. The Morgan fingerprint density at radius 2 is 1.26 bits per heavy atom. The van der Waals surface area contributed by atoms with E-state index in [1.54, 1.807) is 0 Å². The largest absolute Gasteiger partial charge is 0.386 e. The first-order valence-electron chi connectivity index (χ1n) is 15.7. The zero-order valence-electron chi connectivity index (χ0n) is 24.7. The summed E-state index contributed by atoms with van der Waals surface area (Å²) in [5, 5.41) is 0. The summed E-state index contributed by atoms with van der Waals surface area (Å²) in [4.78, 5) is 0. The normalized spacial score (nSPS) is 23.0. The lowest BCUT2D eigenvalue weighted by Crippen LogP contribution is -2.32. The summed E-state index contributed by atoms with van der Waals surface area (Å²) >= 11 is 0. The van der Waals surface area contributed by atoms with Crippen LogP contribution in [0.5, 0.6) is 0 Å². The Bertz CT molecular complexity index is 1330. The third-order valence-electron chi connectivity index (χ3n) is 9.59. The smallest absolute Gasteiger partial charge is 0.313 e. The molecule has 0 saturated heterocycles. The minimum absolute atomic E-state index is 0.0181. The van der Waals surface area contributed by atoms with Crippen molar-refractivity contribution in [1.29, 1.82) is 0 Å². The van der Waals surface area contributed by atoms with Gasteiger partial charge in [-0.2, -0.15) is 8.78 Å². The van der Waals surface area contributed by atoms with E-state index in [-0.39, 0.29) is 5.92 Å². The van der Waals surface area contributed by atoms with Crippen molar-refractivity contribution in [3.63, 3.8) is 0 Å². The summed E-state index contributed by atoms with van der Waals surface area (Å²) < 4.78 is 91.2. The molecule has 0 aromatic heterocycles. The monoisotopic (exact) mass is 602 g/mol. The maximum atomic E-state index is 15.1. The zero-order valence-corrected chi connectivity index (χ0v) is 24.7. The van der Waals surface area contributed by atoms with Gasteiger partial charge < -0.3 is 4.74 Å². The topological polar surface area (TPSA) is 9.23 Å². The first-order chi connectivity index (χ1) is 20.6. The van der Waals surface area contributed by atoms with Gasteiger partial charge in [0, 0.05) is 0 Å². The van der Waals surface area contributed by atoms with Crippen molar-refractivity contribution < 1.29 is 31.1 Å². The van der Waals surface area contributed by atoms with Gasteiger partial charge in [0.25, 0.3) is 0 Å². The number of rotatable bonds is 10. The molecule has 2 saturated carbocycles. The molecule has 2 aliphatic carbocycles. The maximum Gasteiger partial charge on any atom is 0.386 e. The van der Waals surface area contributed by atoms with E-state index >= 15 is 8.78 Å². The van der Waals surface area contributed by atoms with Gasteiger partial charge >= 0.3 is 6.11 Å². The highest BCUT2D eigenvalue weighted by Gasteiger charge is 2.41. The molecular formula is C36H40F6O. The van der Waals surface area contributed by atoms with Crippen LogP contribution in [0.25, 0.3) is 11.1 Å². The van der Waals surface area contributed by atoms with E-state index in [9.17, 15) is 17.6 Å². The Kier molecular flexibility index (Phi) is 10.2. The molecule has 0 N–H and O–H groups in total. The summed E-state index contributed by atoms with van der Waals surface area (Å²) in [5.41, 5.74) is 2.27. The summed E-state index contributed by atoms with van der Waals surface area (Å²) in [7, 11) is 0. The number of ether oxygens (including phenoxy) is 1. The average molecular weight is 603 g/mol. The van der Waals surface area contributed by atoms with Gasteiger partial charge in [0.1, 0.15) is 5.82 Å². The molecule has 0 spiro atoms. The van der Waals surface area contributed by atoms with Crippen LogP contribution >= 0.6 is 0 Å². The minimum atomic E-state index is -3.74. The van der Waals surface area contributed by atoms with E-state index in [0.29, 0.717) is 35.8 Å². The van der Waals surface area contributed by atoms with E-state index < -0.39 is 41.0 Å². The van der Waals surface area contributed by atoms with Crippen molar-refractivity contribution in [2.45, 2.75) is 102 Å². The molecule has 2 aliphatic rings. The van der Waals surface area contributed by atoms with E-state index in [2.05, 4.69) is 6.92 Å². The Morgan fingerprint density at radius 3 is 1.84 bits per heavy atom. The molecule has 3 aromatic rings. The molecule has 0 unspecified atom stereocenters. The van der Waals surface area contributed by atoms with Gasteiger partial charge in [-0.25, -0.2) is 17.6 Å². The highest BCUT2D eigenvalue weighted by molar-refractivity contribution is 5.64. The van der Waals surface area contributed by atoms with E-state index in [4.69, 9.17) is 4.74 Å². The molecule has 0 radical (unpaired) electrons. The second-order valence-corrected chi connectivity index (χ2v) is 12.4. The molecule has 0 atom stereocenters. The van der Waals surface area contributed by atoms with Crippen LogP contribution in [-0.2, 0) is 17.3 Å². The van der Waals surface area contributed by atoms with Gasteiger partial charge in [0.15, 0.2) is 17.5 Å².